The number of halogens is 2. The van der Waals surface area contributed by atoms with Crippen LogP contribution in [0.25, 0.3) is 10.8 Å². The standard InChI is InChI=1S/C10H6Cl2O/c11-9-4-6-1-2-8(13)3-7(6)5-10(9)12/h1-5,13H. The van der Waals surface area contributed by atoms with E-state index in [-0.39, 0.29) is 5.75 Å². The molecule has 2 aromatic carbocycles. The van der Waals surface area contributed by atoms with Gasteiger partial charge < -0.3 is 5.11 Å². The lowest BCUT2D eigenvalue weighted by atomic mass is 10.1. The lowest BCUT2D eigenvalue weighted by molar-refractivity contribution is 0.476. The number of rotatable bonds is 0. The van der Waals surface area contributed by atoms with Gasteiger partial charge in [0, 0.05) is 0 Å². The minimum atomic E-state index is 0.228. The number of phenolic OH excluding ortho intramolecular Hbond substituents is 1. The lowest BCUT2D eigenvalue weighted by Crippen LogP contribution is -1.74. The second kappa shape index (κ2) is 3.09. The number of fused-ring (bicyclic) bond motifs is 1. The molecule has 2 rings (SSSR count). The molecule has 0 aliphatic carbocycles. The zero-order valence-electron chi connectivity index (χ0n) is 6.59. The Labute approximate surface area is 85.5 Å². The summed E-state index contributed by atoms with van der Waals surface area (Å²) in [5, 5.41) is 12.1. The van der Waals surface area contributed by atoms with Crippen molar-refractivity contribution in [2.45, 2.75) is 0 Å². The molecule has 0 heterocycles. The predicted octanol–water partition coefficient (Wildman–Crippen LogP) is 3.85. The van der Waals surface area contributed by atoms with Crippen molar-refractivity contribution < 1.29 is 5.11 Å². The molecule has 0 aliphatic heterocycles. The number of aromatic hydroxyl groups is 1. The van der Waals surface area contributed by atoms with Gasteiger partial charge in [-0.15, -0.1) is 0 Å². The predicted molar refractivity (Wildman–Crippen MR) is 55.6 cm³/mol. The third-order valence-corrected chi connectivity index (χ3v) is 2.59. The molecule has 0 saturated carbocycles. The van der Waals surface area contributed by atoms with Crippen LogP contribution in [-0.2, 0) is 0 Å². The van der Waals surface area contributed by atoms with E-state index in [1.807, 2.05) is 0 Å². The van der Waals surface area contributed by atoms with Gasteiger partial charge in [0.05, 0.1) is 10.0 Å². The van der Waals surface area contributed by atoms with Crippen LogP contribution in [0.4, 0.5) is 0 Å². The zero-order valence-corrected chi connectivity index (χ0v) is 8.10. The van der Waals surface area contributed by atoms with Crippen LogP contribution in [0.2, 0.25) is 10.0 Å². The van der Waals surface area contributed by atoms with Crippen molar-refractivity contribution in [3.8, 4) is 5.75 Å². The smallest absolute Gasteiger partial charge is 0.116 e. The van der Waals surface area contributed by atoms with E-state index in [2.05, 4.69) is 0 Å². The number of phenols is 1. The van der Waals surface area contributed by atoms with Gasteiger partial charge >= 0.3 is 0 Å². The second-order valence-corrected chi connectivity index (χ2v) is 3.61. The average molecular weight is 213 g/mol. The monoisotopic (exact) mass is 212 g/mol. The molecule has 0 spiro atoms. The molecular weight excluding hydrogens is 207 g/mol. The van der Waals surface area contributed by atoms with E-state index in [4.69, 9.17) is 23.2 Å². The highest BCUT2D eigenvalue weighted by Crippen LogP contribution is 2.29. The van der Waals surface area contributed by atoms with Gasteiger partial charge in [0.25, 0.3) is 0 Å². The zero-order chi connectivity index (χ0) is 9.42. The third-order valence-electron chi connectivity index (χ3n) is 1.86. The van der Waals surface area contributed by atoms with Crippen LogP contribution in [-0.4, -0.2) is 5.11 Å². The van der Waals surface area contributed by atoms with Crippen LogP contribution in [0.5, 0.6) is 5.75 Å². The Morgan fingerprint density at radius 3 is 2.15 bits per heavy atom. The fourth-order valence-electron chi connectivity index (χ4n) is 1.23. The van der Waals surface area contributed by atoms with E-state index in [1.165, 1.54) is 0 Å². The Morgan fingerprint density at radius 2 is 1.46 bits per heavy atom. The van der Waals surface area contributed by atoms with Gasteiger partial charge in [-0.1, -0.05) is 29.3 Å². The summed E-state index contributed by atoms with van der Waals surface area (Å²) < 4.78 is 0. The van der Waals surface area contributed by atoms with Crippen LogP contribution >= 0.6 is 23.2 Å². The molecule has 0 bridgehead atoms. The average Bonchev–Trinajstić information content (AvgIpc) is 2.08. The molecule has 1 N–H and O–H groups in total. The minimum Gasteiger partial charge on any atom is -0.508 e. The fraction of sp³-hybridized carbons (Fsp3) is 0. The van der Waals surface area contributed by atoms with Gasteiger partial charge in [-0.2, -0.15) is 0 Å². The Hall–Kier alpha value is -0.920. The summed E-state index contributed by atoms with van der Waals surface area (Å²) in [6.45, 7) is 0. The maximum Gasteiger partial charge on any atom is 0.116 e. The van der Waals surface area contributed by atoms with Crippen molar-refractivity contribution in [3.05, 3.63) is 40.4 Å². The molecule has 0 aliphatic rings. The third kappa shape index (κ3) is 1.58. The van der Waals surface area contributed by atoms with Crippen LogP contribution in [0.3, 0.4) is 0 Å². The van der Waals surface area contributed by atoms with Crippen molar-refractivity contribution in [2.24, 2.45) is 0 Å². The summed E-state index contributed by atoms with van der Waals surface area (Å²) in [4.78, 5) is 0. The molecule has 2 aromatic rings. The molecule has 0 unspecified atom stereocenters. The molecule has 1 nitrogen and oxygen atoms in total. The fourth-order valence-corrected chi connectivity index (χ4v) is 1.57. The summed E-state index contributed by atoms with van der Waals surface area (Å²) in [6, 6.07) is 8.58. The first kappa shape index (κ1) is 8.67. The molecule has 0 atom stereocenters. The topological polar surface area (TPSA) is 20.2 Å². The molecule has 13 heavy (non-hydrogen) atoms. The van der Waals surface area contributed by atoms with Gasteiger partial charge in [-0.3, -0.25) is 0 Å². The summed E-state index contributed by atoms with van der Waals surface area (Å²) in [7, 11) is 0. The number of hydrogen-bond donors (Lipinski definition) is 1. The van der Waals surface area contributed by atoms with E-state index in [1.54, 1.807) is 30.3 Å². The summed E-state index contributed by atoms with van der Waals surface area (Å²) >= 11 is 11.7. The van der Waals surface area contributed by atoms with Crippen molar-refractivity contribution in [2.75, 3.05) is 0 Å². The van der Waals surface area contributed by atoms with Crippen LogP contribution in [0.1, 0.15) is 0 Å². The lowest BCUT2D eigenvalue weighted by Gasteiger charge is -2.01. The van der Waals surface area contributed by atoms with Gasteiger partial charge in [-0.25, -0.2) is 0 Å². The van der Waals surface area contributed by atoms with E-state index in [9.17, 15) is 5.11 Å². The van der Waals surface area contributed by atoms with Crippen molar-refractivity contribution >= 4 is 34.0 Å². The molecule has 0 saturated heterocycles. The van der Waals surface area contributed by atoms with E-state index >= 15 is 0 Å². The maximum absolute atomic E-state index is 9.21. The van der Waals surface area contributed by atoms with Crippen molar-refractivity contribution in [1.29, 1.82) is 0 Å². The molecule has 0 aromatic heterocycles. The van der Waals surface area contributed by atoms with Gasteiger partial charge in [0.2, 0.25) is 0 Å². The van der Waals surface area contributed by atoms with Crippen LogP contribution in [0.15, 0.2) is 30.3 Å². The molecule has 0 amide bonds. The highest BCUT2D eigenvalue weighted by molar-refractivity contribution is 6.42. The Morgan fingerprint density at radius 1 is 0.846 bits per heavy atom. The minimum absolute atomic E-state index is 0.228. The quantitative estimate of drug-likeness (QED) is 0.704. The number of benzene rings is 2. The Balaban J connectivity index is 2.81. The summed E-state index contributed by atoms with van der Waals surface area (Å²) in [5.74, 6) is 0.228. The molecule has 0 radical (unpaired) electrons. The van der Waals surface area contributed by atoms with E-state index in [0.717, 1.165) is 10.8 Å². The van der Waals surface area contributed by atoms with Crippen molar-refractivity contribution in [1.82, 2.24) is 0 Å². The maximum atomic E-state index is 9.21. The highest BCUT2D eigenvalue weighted by Gasteiger charge is 2.00. The first-order valence-electron chi connectivity index (χ1n) is 3.74. The molecular formula is C10H6Cl2O. The summed E-state index contributed by atoms with van der Waals surface area (Å²) in [6.07, 6.45) is 0. The summed E-state index contributed by atoms with van der Waals surface area (Å²) in [5.41, 5.74) is 0. The SMILES string of the molecule is Oc1ccc2cc(Cl)c(Cl)cc2c1. The van der Waals surface area contributed by atoms with Crippen LogP contribution in [0, 0.1) is 0 Å². The van der Waals surface area contributed by atoms with Crippen molar-refractivity contribution in [3.63, 3.8) is 0 Å². The molecule has 0 fully saturated rings. The molecule has 66 valence electrons. The Kier molecular flexibility index (Phi) is 2.06. The van der Waals surface area contributed by atoms with Gasteiger partial charge in [-0.05, 0) is 35.0 Å². The number of hydrogen-bond acceptors (Lipinski definition) is 1. The first-order valence-corrected chi connectivity index (χ1v) is 4.50. The highest BCUT2D eigenvalue weighted by atomic mass is 35.5. The van der Waals surface area contributed by atoms with Gasteiger partial charge in [0.15, 0.2) is 0 Å². The largest absolute Gasteiger partial charge is 0.508 e. The normalized spacial score (nSPS) is 10.6. The molecule has 3 heteroatoms. The van der Waals surface area contributed by atoms with E-state index in [0.29, 0.717) is 10.0 Å². The van der Waals surface area contributed by atoms with E-state index < -0.39 is 0 Å². The Bertz CT molecular complexity index is 466. The van der Waals surface area contributed by atoms with Gasteiger partial charge in [0.1, 0.15) is 5.75 Å². The first-order chi connectivity index (χ1) is 6.16. The second-order valence-electron chi connectivity index (χ2n) is 2.80. The van der Waals surface area contributed by atoms with Crippen LogP contribution < -0.4 is 0 Å².